The Morgan fingerprint density at radius 1 is 1.35 bits per heavy atom. The number of H-pyrrole nitrogens is 1. The SMILES string of the molecule is O=Cc1cc2cc(CC(=O)O)ccc2[nH]c1=O. The molecule has 0 fully saturated rings. The maximum atomic E-state index is 11.3. The van der Waals surface area contributed by atoms with Crippen LogP contribution >= 0.6 is 0 Å². The number of aliphatic carboxylic acids is 1. The molecule has 2 aromatic rings. The van der Waals surface area contributed by atoms with Crippen LogP contribution < -0.4 is 5.56 Å². The van der Waals surface area contributed by atoms with Crippen molar-refractivity contribution in [2.45, 2.75) is 6.42 Å². The second-order valence-corrected chi connectivity index (χ2v) is 3.66. The molecule has 1 aromatic heterocycles. The van der Waals surface area contributed by atoms with Gasteiger partial charge in [-0.2, -0.15) is 0 Å². The zero-order chi connectivity index (χ0) is 12.4. The van der Waals surface area contributed by atoms with Gasteiger partial charge in [0.1, 0.15) is 0 Å². The summed E-state index contributed by atoms with van der Waals surface area (Å²) < 4.78 is 0. The van der Waals surface area contributed by atoms with Crippen LogP contribution in [0.25, 0.3) is 10.9 Å². The van der Waals surface area contributed by atoms with Gasteiger partial charge in [-0.3, -0.25) is 14.4 Å². The number of aromatic amines is 1. The van der Waals surface area contributed by atoms with Gasteiger partial charge in [0.2, 0.25) is 0 Å². The third-order valence-corrected chi connectivity index (χ3v) is 2.42. The van der Waals surface area contributed by atoms with E-state index < -0.39 is 11.5 Å². The molecule has 0 aliphatic rings. The van der Waals surface area contributed by atoms with E-state index in [9.17, 15) is 14.4 Å². The lowest BCUT2D eigenvalue weighted by Gasteiger charge is -2.02. The minimum absolute atomic E-state index is 0.0324. The third kappa shape index (κ3) is 2.23. The highest BCUT2D eigenvalue weighted by atomic mass is 16.4. The molecule has 0 aliphatic carbocycles. The zero-order valence-electron chi connectivity index (χ0n) is 8.77. The molecule has 5 nitrogen and oxygen atoms in total. The molecule has 2 N–H and O–H groups in total. The second-order valence-electron chi connectivity index (χ2n) is 3.66. The molecule has 2 rings (SSSR count). The van der Waals surface area contributed by atoms with Crippen molar-refractivity contribution in [3.05, 3.63) is 45.7 Å². The van der Waals surface area contributed by atoms with Crippen LogP contribution in [0.15, 0.2) is 29.1 Å². The smallest absolute Gasteiger partial charge is 0.307 e. The van der Waals surface area contributed by atoms with E-state index in [4.69, 9.17) is 5.11 Å². The van der Waals surface area contributed by atoms with Gasteiger partial charge in [0.05, 0.1) is 12.0 Å². The number of carbonyl (C=O) groups is 2. The van der Waals surface area contributed by atoms with Crippen LogP contribution in [0.5, 0.6) is 0 Å². The van der Waals surface area contributed by atoms with E-state index in [-0.39, 0.29) is 12.0 Å². The molecule has 0 spiro atoms. The van der Waals surface area contributed by atoms with E-state index in [1.54, 1.807) is 18.2 Å². The summed E-state index contributed by atoms with van der Waals surface area (Å²) in [5.41, 5.74) is 0.784. The van der Waals surface area contributed by atoms with Gasteiger partial charge in [-0.05, 0) is 29.1 Å². The van der Waals surface area contributed by atoms with Crippen LogP contribution in [0, 0.1) is 0 Å². The van der Waals surface area contributed by atoms with Crippen LogP contribution in [0.4, 0.5) is 0 Å². The van der Waals surface area contributed by atoms with Crippen LogP contribution in [0.2, 0.25) is 0 Å². The van der Waals surface area contributed by atoms with Crippen LogP contribution in [0.1, 0.15) is 15.9 Å². The third-order valence-electron chi connectivity index (χ3n) is 2.42. The Morgan fingerprint density at radius 3 is 2.76 bits per heavy atom. The molecule has 86 valence electrons. The lowest BCUT2D eigenvalue weighted by molar-refractivity contribution is -0.136. The first-order chi connectivity index (χ1) is 8.10. The quantitative estimate of drug-likeness (QED) is 0.770. The highest BCUT2D eigenvalue weighted by Gasteiger charge is 2.04. The molecule has 0 radical (unpaired) electrons. The van der Waals surface area contributed by atoms with Crippen molar-refractivity contribution in [1.29, 1.82) is 0 Å². The number of benzene rings is 1. The summed E-state index contributed by atoms with van der Waals surface area (Å²) in [5.74, 6) is -0.926. The Labute approximate surface area is 95.7 Å². The fraction of sp³-hybridized carbons (Fsp3) is 0.0833. The molecule has 0 saturated heterocycles. The summed E-state index contributed by atoms with van der Waals surface area (Å²) in [5, 5.41) is 9.31. The molecule has 0 atom stereocenters. The minimum atomic E-state index is -0.926. The molecule has 0 saturated carbocycles. The number of nitrogens with one attached hydrogen (secondary N) is 1. The van der Waals surface area contributed by atoms with E-state index in [1.807, 2.05) is 0 Å². The molecule has 0 unspecified atom stereocenters. The number of carbonyl (C=O) groups excluding carboxylic acids is 1. The molecule has 0 amide bonds. The zero-order valence-corrected chi connectivity index (χ0v) is 8.77. The molecular weight excluding hydrogens is 222 g/mol. The first-order valence-corrected chi connectivity index (χ1v) is 4.93. The highest BCUT2D eigenvalue weighted by molar-refractivity contribution is 5.86. The number of carboxylic acids is 1. The number of aromatic nitrogens is 1. The van der Waals surface area contributed by atoms with Crippen molar-refractivity contribution in [2.75, 3.05) is 0 Å². The molecule has 0 aliphatic heterocycles. The van der Waals surface area contributed by atoms with E-state index in [1.165, 1.54) is 6.07 Å². The molecule has 1 heterocycles. The first-order valence-electron chi connectivity index (χ1n) is 4.93. The highest BCUT2D eigenvalue weighted by Crippen LogP contribution is 2.13. The van der Waals surface area contributed by atoms with Crippen molar-refractivity contribution in [3.63, 3.8) is 0 Å². The van der Waals surface area contributed by atoms with Crippen molar-refractivity contribution in [2.24, 2.45) is 0 Å². The number of carboxylic acid groups (broad SMARTS) is 1. The Morgan fingerprint density at radius 2 is 2.12 bits per heavy atom. The molecule has 0 bridgehead atoms. The standard InChI is InChI=1S/C12H9NO4/c14-6-9-5-8-3-7(4-11(15)16)1-2-10(8)13-12(9)17/h1-3,5-6H,4H2,(H,13,17)(H,15,16). The normalized spacial score (nSPS) is 10.4. The van der Waals surface area contributed by atoms with Gasteiger partial charge in [-0.25, -0.2) is 0 Å². The predicted molar refractivity (Wildman–Crippen MR) is 61.3 cm³/mol. The van der Waals surface area contributed by atoms with Gasteiger partial charge in [-0.15, -0.1) is 0 Å². The van der Waals surface area contributed by atoms with Crippen LogP contribution in [-0.4, -0.2) is 22.3 Å². The Kier molecular flexibility index (Phi) is 2.74. The lowest BCUT2D eigenvalue weighted by atomic mass is 10.1. The topological polar surface area (TPSA) is 87.2 Å². The number of rotatable bonds is 3. The van der Waals surface area contributed by atoms with Crippen molar-refractivity contribution >= 4 is 23.2 Å². The Bertz CT molecular complexity index is 657. The maximum Gasteiger partial charge on any atom is 0.307 e. The molecular formula is C12H9NO4. The second kappa shape index (κ2) is 4.21. The maximum absolute atomic E-state index is 11.3. The number of fused-ring (bicyclic) bond motifs is 1. The average Bonchev–Trinajstić information content (AvgIpc) is 2.28. The van der Waals surface area contributed by atoms with E-state index >= 15 is 0 Å². The van der Waals surface area contributed by atoms with E-state index in [0.29, 0.717) is 22.8 Å². The van der Waals surface area contributed by atoms with Gasteiger partial charge in [0, 0.05) is 5.52 Å². The molecule has 1 aromatic carbocycles. The van der Waals surface area contributed by atoms with Gasteiger partial charge < -0.3 is 10.1 Å². The van der Waals surface area contributed by atoms with Gasteiger partial charge in [0.25, 0.3) is 5.56 Å². The largest absolute Gasteiger partial charge is 0.481 e. The van der Waals surface area contributed by atoms with Gasteiger partial charge in [-0.1, -0.05) is 6.07 Å². The van der Waals surface area contributed by atoms with Gasteiger partial charge in [0.15, 0.2) is 6.29 Å². The monoisotopic (exact) mass is 231 g/mol. The Balaban J connectivity index is 2.60. The molecule has 5 heteroatoms. The number of hydrogen-bond donors (Lipinski definition) is 2. The number of aldehydes is 1. The van der Waals surface area contributed by atoms with E-state index in [0.717, 1.165) is 0 Å². The van der Waals surface area contributed by atoms with Crippen molar-refractivity contribution < 1.29 is 14.7 Å². The summed E-state index contributed by atoms with van der Waals surface area (Å²) in [7, 11) is 0. The summed E-state index contributed by atoms with van der Waals surface area (Å²) >= 11 is 0. The van der Waals surface area contributed by atoms with Crippen LogP contribution in [0.3, 0.4) is 0 Å². The summed E-state index contributed by atoms with van der Waals surface area (Å²) in [4.78, 5) is 35.1. The fourth-order valence-electron chi connectivity index (χ4n) is 1.65. The lowest BCUT2D eigenvalue weighted by Crippen LogP contribution is -2.11. The number of hydrogen-bond acceptors (Lipinski definition) is 3. The Hall–Kier alpha value is -2.43. The summed E-state index contributed by atoms with van der Waals surface area (Å²) in [6.07, 6.45) is 0.383. The van der Waals surface area contributed by atoms with Crippen molar-refractivity contribution in [3.8, 4) is 0 Å². The summed E-state index contributed by atoms with van der Waals surface area (Å²) in [6.45, 7) is 0. The fourth-order valence-corrected chi connectivity index (χ4v) is 1.65. The first kappa shape index (κ1) is 11.1. The average molecular weight is 231 g/mol. The minimum Gasteiger partial charge on any atom is -0.481 e. The predicted octanol–water partition coefficient (Wildman–Crippen LogP) is 0.968. The van der Waals surface area contributed by atoms with Crippen molar-refractivity contribution in [1.82, 2.24) is 4.98 Å². The van der Waals surface area contributed by atoms with E-state index in [2.05, 4.69) is 4.98 Å². The molecule has 17 heavy (non-hydrogen) atoms. The number of pyridine rings is 1. The van der Waals surface area contributed by atoms with Crippen LogP contribution in [-0.2, 0) is 11.2 Å². The van der Waals surface area contributed by atoms with Gasteiger partial charge >= 0.3 is 5.97 Å². The summed E-state index contributed by atoms with van der Waals surface area (Å²) in [6, 6.07) is 6.36.